The Morgan fingerprint density at radius 2 is 1.78 bits per heavy atom. The summed E-state index contributed by atoms with van der Waals surface area (Å²) in [4.78, 5) is 13.8. The summed E-state index contributed by atoms with van der Waals surface area (Å²) in [5.41, 5.74) is 2.69. The number of para-hydroxylation sites is 1. The maximum absolute atomic E-state index is 12.3. The highest BCUT2D eigenvalue weighted by molar-refractivity contribution is 9.10. The standard InChI is InChI=1S/C18H19BrN2O2/c19-16-3-1-2-4-17(16)20-18(22)15-7-5-14(6-8-15)13-21-9-11-23-12-10-21/h1-8H,9-13H2,(H,20,22)/p+1. The highest BCUT2D eigenvalue weighted by Gasteiger charge is 2.14. The molecule has 4 nitrogen and oxygen atoms in total. The molecule has 1 heterocycles. The minimum atomic E-state index is -0.0952. The first-order valence-corrected chi connectivity index (χ1v) is 8.58. The monoisotopic (exact) mass is 375 g/mol. The van der Waals surface area contributed by atoms with Crippen molar-refractivity contribution in [2.75, 3.05) is 31.6 Å². The Morgan fingerprint density at radius 3 is 2.48 bits per heavy atom. The fourth-order valence-electron chi connectivity index (χ4n) is 2.66. The molecule has 1 aliphatic heterocycles. The van der Waals surface area contributed by atoms with Gasteiger partial charge in [0.15, 0.2) is 0 Å². The van der Waals surface area contributed by atoms with Crippen LogP contribution in [0.2, 0.25) is 0 Å². The third kappa shape index (κ3) is 4.41. The van der Waals surface area contributed by atoms with E-state index in [0.717, 1.165) is 43.0 Å². The number of benzene rings is 2. The van der Waals surface area contributed by atoms with Crippen LogP contribution < -0.4 is 10.2 Å². The maximum Gasteiger partial charge on any atom is 0.255 e. The second kappa shape index (κ2) is 7.73. The van der Waals surface area contributed by atoms with E-state index in [1.54, 1.807) is 0 Å². The number of nitrogens with one attached hydrogen (secondary N) is 2. The van der Waals surface area contributed by atoms with E-state index in [9.17, 15) is 4.79 Å². The summed E-state index contributed by atoms with van der Waals surface area (Å²) in [6.07, 6.45) is 0. The highest BCUT2D eigenvalue weighted by atomic mass is 79.9. The van der Waals surface area contributed by atoms with Crippen molar-refractivity contribution in [3.05, 3.63) is 64.1 Å². The van der Waals surface area contributed by atoms with Gasteiger partial charge in [0, 0.05) is 15.6 Å². The number of amides is 1. The van der Waals surface area contributed by atoms with Crippen molar-refractivity contribution >= 4 is 27.5 Å². The second-order valence-electron chi connectivity index (χ2n) is 5.67. The Labute approximate surface area is 144 Å². The van der Waals surface area contributed by atoms with E-state index in [1.165, 1.54) is 10.5 Å². The van der Waals surface area contributed by atoms with Crippen LogP contribution in [0.15, 0.2) is 53.0 Å². The average molecular weight is 376 g/mol. The predicted molar refractivity (Wildman–Crippen MR) is 93.8 cm³/mol. The first kappa shape index (κ1) is 16.2. The van der Waals surface area contributed by atoms with Crippen LogP contribution in [0.1, 0.15) is 15.9 Å². The van der Waals surface area contributed by atoms with Crippen molar-refractivity contribution in [3.8, 4) is 0 Å². The largest absolute Gasteiger partial charge is 0.370 e. The predicted octanol–water partition coefficient (Wildman–Crippen LogP) is 2.12. The third-order valence-electron chi connectivity index (χ3n) is 3.99. The molecule has 0 saturated carbocycles. The number of hydrogen-bond acceptors (Lipinski definition) is 2. The van der Waals surface area contributed by atoms with Crippen LogP contribution in [0.3, 0.4) is 0 Å². The van der Waals surface area contributed by atoms with Gasteiger partial charge in [0.25, 0.3) is 5.91 Å². The van der Waals surface area contributed by atoms with E-state index < -0.39 is 0 Å². The third-order valence-corrected chi connectivity index (χ3v) is 4.68. The lowest BCUT2D eigenvalue weighted by Crippen LogP contribution is -3.12. The lowest BCUT2D eigenvalue weighted by atomic mass is 10.1. The summed E-state index contributed by atoms with van der Waals surface area (Å²) >= 11 is 3.44. The molecule has 1 amide bonds. The molecule has 3 rings (SSSR count). The number of anilines is 1. The SMILES string of the molecule is O=C(Nc1ccccc1Br)c1ccc(C[NH+]2CCOCC2)cc1. The van der Waals surface area contributed by atoms with Crippen molar-refractivity contribution in [1.82, 2.24) is 0 Å². The summed E-state index contributed by atoms with van der Waals surface area (Å²) in [5.74, 6) is -0.0952. The molecule has 120 valence electrons. The van der Waals surface area contributed by atoms with Gasteiger partial charge in [-0.05, 0) is 40.2 Å². The zero-order chi connectivity index (χ0) is 16.1. The summed E-state index contributed by atoms with van der Waals surface area (Å²) < 4.78 is 6.25. The van der Waals surface area contributed by atoms with Gasteiger partial charge in [-0.2, -0.15) is 0 Å². The number of ether oxygens (including phenoxy) is 1. The van der Waals surface area contributed by atoms with Gasteiger partial charge in [-0.3, -0.25) is 4.79 Å². The average Bonchev–Trinajstić information content (AvgIpc) is 2.58. The van der Waals surface area contributed by atoms with Crippen LogP contribution in [0.5, 0.6) is 0 Å². The molecule has 2 aromatic rings. The van der Waals surface area contributed by atoms with Gasteiger partial charge in [-0.25, -0.2) is 0 Å². The first-order chi connectivity index (χ1) is 11.2. The fraction of sp³-hybridized carbons (Fsp3) is 0.278. The lowest BCUT2D eigenvalue weighted by molar-refractivity contribution is -0.921. The van der Waals surface area contributed by atoms with Crippen LogP contribution in [0.25, 0.3) is 0 Å². The van der Waals surface area contributed by atoms with Crippen molar-refractivity contribution in [2.24, 2.45) is 0 Å². The number of morpholine rings is 1. The molecular formula is C18H20BrN2O2+. The molecule has 0 aliphatic carbocycles. The molecule has 0 aromatic heterocycles. The first-order valence-electron chi connectivity index (χ1n) is 7.78. The molecule has 1 saturated heterocycles. The number of rotatable bonds is 4. The summed E-state index contributed by atoms with van der Waals surface area (Å²) in [5, 5.41) is 2.92. The van der Waals surface area contributed by atoms with Gasteiger partial charge >= 0.3 is 0 Å². The van der Waals surface area contributed by atoms with E-state index in [1.807, 2.05) is 48.5 Å². The Bertz CT molecular complexity index is 667. The van der Waals surface area contributed by atoms with Crippen LogP contribution >= 0.6 is 15.9 Å². The fourth-order valence-corrected chi connectivity index (χ4v) is 3.04. The quantitative estimate of drug-likeness (QED) is 0.859. The van der Waals surface area contributed by atoms with Gasteiger partial charge in [-0.1, -0.05) is 24.3 Å². The summed E-state index contributed by atoms with van der Waals surface area (Å²) in [7, 11) is 0. The Hall–Kier alpha value is -1.69. The molecule has 1 aliphatic rings. The molecule has 23 heavy (non-hydrogen) atoms. The molecule has 0 bridgehead atoms. The van der Waals surface area contributed by atoms with Gasteiger partial charge in [0.1, 0.15) is 19.6 Å². The molecule has 2 N–H and O–H groups in total. The van der Waals surface area contributed by atoms with Crippen molar-refractivity contribution < 1.29 is 14.4 Å². The van der Waals surface area contributed by atoms with Gasteiger partial charge in [-0.15, -0.1) is 0 Å². The zero-order valence-corrected chi connectivity index (χ0v) is 14.4. The van der Waals surface area contributed by atoms with Crippen LogP contribution in [-0.2, 0) is 11.3 Å². The van der Waals surface area contributed by atoms with Crippen molar-refractivity contribution in [1.29, 1.82) is 0 Å². The van der Waals surface area contributed by atoms with Gasteiger partial charge in [0.05, 0.1) is 18.9 Å². The van der Waals surface area contributed by atoms with Crippen molar-refractivity contribution in [3.63, 3.8) is 0 Å². The zero-order valence-electron chi connectivity index (χ0n) is 12.8. The number of hydrogen-bond donors (Lipinski definition) is 2. The van der Waals surface area contributed by atoms with E-state index >= 15 is 0 Å². The van der Waals surface area contributed by atoms with Crippen LogP contribution in [0, 0.1) is 0 Å². The van der Waals surface area contributed by atoms with Crippen LogP contribution in [0.4, 0.5) is 5.69 Å². The van der Waals surface area contributed by atoms with E-state index in [4.69, 9.17) is 4.74 Å². The minimum absolute atomic E-state index is 0.0952. The van der Waals surface area contributed by atoms with E-state index in [2.05, 4.69) is 21.2 Å². The maximum atomic E-state index is 12.3. The second-order valence-corrected chi connectivity index (χ2v) is 6.52. The molecule has 5 heteroatoms. The lowest BCUT2D eigenvalue weighted by Gasteiger charge is -2.23. The summed E-state index contributed by atoms with van der Waals surface area (Å²) in [6, 6.07) is 15.5. The topological polar surface area (TPSA) is 42.8 Å². The molecule has 0 spiro atoms. The normalized spacial score (nSPS) is 15.3. The van der Waals surface area contributed by atoms with Crippen LogP contribution in [-0.4, -0.2) is 32.2 Å². The Morgan fingerprint density at radius 1 is 1.09 bits per heavy atom. The number of quaternary nitrogens is 1. The smallest absolute Gasteiger partial charge is 0.255 e. The highest BCUT2D eigenvalue weighted by Crippen LogP contribution is 2.21. The molecular weight excluding hydrogens is 356 g/mol. The van der Waals surface area contributed by atoms with Gasteiger partial charge in [0.2, 0.25) is 0 Å². The van der Waals surface area contributed by atoms with Gasteiger partial charge < -0.3 is 15.0 Å². The molecule has 0 atom stereocenters. The number of carbonyl (C=O) groups is 1. The number of halogens is 1. The van der Waals surface area contributed by atoms with E-state index in [-0.39, 0.29) is 5.91 Å². The number of carbonyl (C=O) groups excluding carboxylic acids is 1. The minimum Gasteiger partial charge on any atom is -0.370 e. The van der Waals surface area contributed by atoms with Crippen molar-refractivity contribution in [2.45, 2.75) is 6.54 Å². The molecule has 0 radical (unpaired) electrons. The Balaban J connectivity index is 1.62. The Kier molecular flexibility index (Phi) is 5.43. The summed E-state index contributed by atoms with van der Waals surface area (Å²) in [6.45, 7) is 4.74. The molecule has 2 aromatic carbocycles. The molecule has 1 fully saturated rings. The van der Waals surface area contributed by atoms with E-state index in [0.29, 0.717) is 5.56 Å². The molecule has 0 unspecified atom stereocenters.